The summed E-state index contributed by atoms with van der Waals surface area (Å²) < 4.78 is 11.6. The Bertz CT molecular complexity index is 739. The number of carbonyl (C=O) groups excluding carboxylic acids is 2. The van der Waals surface area contributed by atoms with Gasteiger partial charge in [0.05, 0.1) is 6.61 Å². The van der Waals surface area contributed by atoms with Gasteiger partial charge in [-0.05, 0) is 55.3 Å². The molecule has 4 nitrogen and oxygen atoms in total. The molecule has 4 aliphatic rings. The van der Waals surface area contributed by atoms with Crippen LogP contribution in [0.1, 0.15) is 66.2 Å². The van der Waals surface area contributed by atoms with Crippen LogP contribution in [0.3, 0.4) is 0 Å². The summed E-state index contributed by atoms with van der Waals surface area (Å²) in [5, 5.41) is 0. The first-order valence-electron chi connectivity index (χ1n) is 10.8. The average molecular weight is 387 g/mol. The van der Waals surface area contributed by atoms with Gasteiger partial charge in [-0.2, -0.15) is 0 Å². The molecular formula is C24H34O4. The largest absolute Gasteiger partial charge is 0.465 e. The van der Waals surface area contributed by atoms with Crippen molar-refractivity contribution < 1.29 is 19.1 Å². The third-order valence-electron chi connectivity index (χ3n) is 8.80. The molecule has 0 saturated heterocycles. The van der Waals surface area contributed by atoms with E-state index in [1.807, 2.05) is 0 Å². The molecule has 154 valence electrons. The Morgan fingerprint density at radius 1 is 1.14 bits per heavy atom. The van der Waals surface area contributed by atoms with E-state index in [0.29, 0.717) is 24.4 Å². The molecule has 28 heavy (non-hydrogen) atoms. The first kappa shape index (κ1) is 19.7. The van der Waals surface area contributed by atoms with Crippen molar-refractivity contribution in [2.45, 2.75) is 72.3 Å². The second-order valence-electron chi connectivity index (χ2n) is 10.3. The number of esters is 2. The molecule has 4 rings (SSSR count). The second kappa shape index (κ2) is 6.47. The van der Waals surface area contributed by atoms with E-state index in [1.54, 1.807) is 0 Å². The molecule has 3 fully saturated rings. The van der Waals surface area contributed by atoms with Crippen molar-refractivity contribution in [3.63, 3.8) is 0 Å². The van der Waals surface area contributed by atoms with E-state index in [9.17, 15) is 9.59 Å². The van der Waals surface area contributed by atoms with Crippen LogP contribution in [0.5, 0.6) is 0 Å². The van der Waals surface area contributed by atoms with Crippen molar-refractivity contribution in [2.24, 2.45) is 34.0 Å². The minimum atomic E-state index is -0.215. The molecule has 0 amide bonds. The lowest BCUT2D eigenvalue weighted by molar-refractivity contribution is -0.199. The molecule has 0 aromatic heterocycles. The van der Waals surface area contributed by atoms with Crippen molar-refractivity contribution in [1.82, 2.24) is 0 Å². The average Bonchev–Trinajstić information content (AvgIpc) is 3.15. The maximum atomic E-state index is 12.0. The fourth-order valence-electron chi connectivity index (χ4n) is 7.84. The smallest absolute Gasteiger partial charge is 0.302 e. The number of fused-ring (bicyclic) bond motifs is 2. The highest BCUT2D eigenvalue weighted by Gasteiger charge is 2.69. The normalized spacial score (nSPS) is 46.5. The molecule has 0 aromatic carbocycles. The summed E-state index contributed by atoms with van der Waals surface area (Å²) in [5.41, 5.74) is 1.18. The zero-order chi connectivity index (χ0) is 20.3. The van der Waals surface area contributed by atoms with Crippen molar-refractivity contribution >= 4 is 11.9 Å². The van der Waals surface area contributed by atoms with Crippen LogP contribution in [0.15, 0.2) is 24.3 Å². The van der Waals surface area contributed by atoms with Crippen LogP contribution in [0, 0.1) is 34.0 Å². The van der Waals surface area contributed by atoms with Gasteiger partial charge in [-0.3, -0.25) is 9.59 Å². The van der Waals surface area contributed by atoms with E-state index in [0.717, 1.165) is 32.1 Å². The predicted octanol–water partition coefficient (Wildman–Crippen LogP) is 4.84. The molecule has 4 aliphatic carbocycles. The van der Waals surface area contributed by atoms with E-state index in [1.165, 1.54) is 25.8 Å². The second-order valence-corrected chi connectivity index (χ2v) is 10.3. The quantitative estimate of drug-likeness (QED) is 0.652. The molecule has 0 heterocycles. The first-order chi connectivity index (χ1) is 13.1. The zero-order valence-electron chi connectivity index (χ0n) is 17.8. The Hall–Kier alpha value is -1.58. The molecule has 0 bridgehead atoms. The Labute approximate surface area is 168 Å². The molecule has 0 aliphatic heterocycles. The van der Waals surface area contributed by atoms with Crippen molar-refractivity contribution in [1.29, 1.82) is 0 Å². The summed E-state index contributed by atoms with van der Waals surface area (Å²) in [7, 11) is 0. The van der Waals surface area contributed by atoms with Gasteiger partial charge in [0.25, 0.3) is 0 Å². The summed E-state index contributed by atoms with van der Waals surface area (Å²) in [6.45, 7) is 12.5. The van der Waals surface area contributed by atoms with Gasteiger partial charge in [0.15, 0.2) is 0 Å². The van der Waals surface area contributed by atoms with Crippen molar-refractivity contribution in [2.75, 3.05) is 6.61 Å². The van der Waals surface area contributed by atoms with Gasteiger partial charge in [0.2, 0.25) is 0 Å². The molecule has 1 spiro atoms. The molecule has 0 unspecified atom stereocenters. The highest BCUT2D eigenvalue weighted by atomic mass is 16.5. The van der Waals surface area contributed by atoms with Crippen LogP contribution >= 0.6 is 0 Å². The monoisotopic (exact) mass is 386 g/mol. The molecule has 0 aromatic rings. The Morgan fingerprint density at radius 2 is 1.89 bits per heavy atom. The third kappa shape index (κ3) is 2.63. The zero-order valence-corrected chi connectivity index (χ0v) is 17.8. The van der Waals surface area contributed by atoms with Crippen LogP contribution in [0.2, 0.25) is 0 Å². The van der Waals surface area contributed by atoms with E-state index < -0.39 is 0 Å². The SMILES string of the molecule is C=C1C=C[C@]23[C@@H](OC(C)=O)C[C@@H]4[C@@](C)(COC(C)=O)CCC[C@@]4(C)[C@@H]2CC[C@H]13. The summed E-state index contributed by atoms with van der Waals surface area (Å²) in [4.78, 5) is 23.6. The highest BCUT2D eigenvalue weighted by molar-refractivity contribution is 5.66. The maximum Gasteiger partial charge on any atom is 0.302 e. The van der Waals surface area contributed by atoms with E-state index >= 15 is 0 Å². The molecule has 3 saturated carbocycles. The lowest BCUT2D eigenvalue weighted by Gasteiger charge is -2.63. The van der Waals surface area contributed by atoms with Crippen molar-refractivity contribution in [3.8, 4) is 0 Å². The standard InChI is InChI=1S/C24H34O4/c1-15-9-12-24-18(15)7-8-19(24)23(5)11-6-10-22(4,14-27-16(2)25)20(23)13-21(24)28-17(3)26/h9,12,18-21H,1,6-8,10-11,13-14H2,2-5H3/t18-,19+,20-,21+,22-,23+,24-/m1/s1. The van der Waals surface area contributed by atoms with Crippen LogP contribution in [0.4, 0.5) is 0 Å². The van der Waals surface area contributed by atoms with E-state index in [2.05, 4.69) is 32.6 Å². The molecule has 0 N–H and O–H groups in total. The van der Waals surface area contributed by atoms with Gasteiger partial charge < -0.3 is 9.47 Å². The minimum Gasteiger partial charge on any atom is -0.465 e. The number of hydrogen-bond donors (Lipinski definition) is 0. The lowest BCUT2D eigenvalue weighted by atomic mass is 9.42. The minimum absolute atomic E-state index is 0.0733. The molecular weight excluding hydrogens is 352 g/mol. The summed E-state index contributed by atoms with van der Waals surface area (Å²) in [5.74, 6) is 0.819. The van der Waals surface area contributed by atoms with Crippen LogP contribution < -0.4 is 0 Å². The van der Waals surface area contributed by atoms with Crippen LogP contribution in [0.25, 0.3) is 0 Å². The van der Waals surface area contributed by atoms with Gasteiger partial charge in [0.1, 0.15) is 6.10 Å². The van der Waals surface area contributed by atoms with Gasteiger partial charge in [-0.1, -0.05) is 44.6 Å². The number of allylic oxidation sites excluding steroid dienone is 2. The van der Waals surface area contributed by atoms with Crippen LogP contribution in [-0.4, -0.2) is 24.6 Å². The molecule has 0 radical (unpaired) electrons. The fraction of sp³-hybridized carbons (Fsp3) is 0.750. The van der Waals surface area contributed by atoms with Gasteiger partial charge >= 0.3 is 11.9 Å². The molecule has 4 heteroatoms. The van der Waals surface area contributed by atoms with Gasteiger partial charge in [-0.25, -0.2) is 0 Å². The Morgan fingerprint density at radius 3 is 2.57 bits per heavy atom. The van der Waals surface area contributed by atoms with E-state index in [-0.39, 0.29) is 34.3 Å². The van der Waals surface area contributed by atoms with Gasteiger partial charge in [-0.15, -0.1) is 0 Å². The third-order valence-corrected chi connectivity index (χ3v) is 8.80. The Balaban J connectivity index is 1.76. The highest BCUT2D eigenvalue weighted by Crippen LogP contribution is 2.72. The topological polar surface area (TPSA) is 52.6 Å². The summed E-state index contributed by atoms with van der Waals surface area (Å²) in [6.07, 6.45) is 10.9. The lowest BCUT2D eigenvalue weighted by Crippen LogP contribution is -2.61. The number of rotatable bonds is 3. The predicted molar refractivity (Wildman–Crippen MR) is 107 cm³/mol. The summed E-state index contributed by atoms with van der Waals surface area (Å²) in [6, 6.07) is 0. The van der Waals surface area contributed by atoms with E-state index in [4.69, 9.17) is 9.47 Å². The van der Waals surface area contributed by atoms with Crippen LogP contribution in [-0.2, 0) is 19.1 Å². The number of ether oxygens (including phenoxy) is 2. The first-order valence-corrected chi connectivity index (χ1v) is 10.8. The summed E-state index contributed by atoms with van der Waals surface area (Å²) >= 11 is 0. The maximum absolute atomic E-state index is 12.0. The van der Waals surface area contributed by atoms with Crippen molar-refractivity contribution in [3.05, 3.63) is 24.3 Å². The Kier molecular flexibility index (Phi) is 4.55. The number of carbonyl (C=O) groups is 2. The van der Waals surface area contributed by atoms with Gasteiger partial charge in [0, 0.05) is 24.7 Å². The number of hydrogen-bond acceptors (Lipinski definition) is 4. The molecule has 7 atom stereocenters. The fourth-order valence-corrected chi connectivity index (χ4v) is 7.84.